The number of carbonyl (C=O) groups is 3. The Kier molecular flexibility index (Phi) is 6.56. The molecule has 0 saturated carbocycles. The molecule has 0 fully saturated rings. The average molecular weight is 306 g/mol. The van der Waals surface area contributed by atoms with Crippen molar-refractivity contribution in [3.63, 3.8) is 0 Å². The van der Waals surface area contributed by atoms with E-state index >= 15 is 0 Å². The van der Waals surface area contributed by atoms with Crippen molar-refractivity contribution in [2.75, 3.05) is 13.7 Å². The smallest absolute Gasteiger partial charge is 0.329 e. The average Bonchev–Trinajstić information content (AvgIpc) is 2.49. The lowest BCUT2D eigenvalue weighted by Crippen LogP contribution is -2.46. The van der Waals surface area contributed by atoms with Crippen molar-refractivity contribution < 1.29 is 19.1 Å². The first-order valence-corrected chi connectivity index (χ1v) is 7.10. The maximum atomic E-state index is 12.2. The minimum absolute atomic E-state index is 0.161. The Balaban J connectivity index is 2.71. The third-order valence-corrected chi connectivity index (χ3v) is 3.15. The van der Waals surface area contributed by atoms with Gasteiger partial charge in [0.2, 0.25) is 0 Å². The molecule has 0 aliphatic heterocycles. The van der Waals surface area contributed by atoms with E-state index in [0.29, 0.717) is 5.56 Å². The number of carbonyl (C=O) groups excluding carboxylic acids is 3. The van der Waals surface area contributed by atoms with Crippen LogP contribution in [0.25, 0.3) is 0 Å². The number of ether oxygens (including phenoxy) is 1. The molecule has 2 amide bonds. The van der Waals surface area contributed by atoms with Crippen LogP contribution >= 0.6 is 0 Å². The molecule has 0 spiro atoms. The summed E-state index contributed by atoms with van der Waals surface area (Å²) in [6.45, 7) is 5.15. The molecule has 0 heterocycles. The Morgan fingerprint density at radius 2 is 1.73 bits per heavy atom. The number of amides is 2. The predicted molar refractivity (Wildman–Crippen MR) is 82.3 cm³/mol. The van der Waals surface area contributed by atoms with Gasteiger partial charge in [-0.3, -0.25) is 9.59 Å². The standard InChI is InChI=1S/C16H22N2O4/c1-10(2)14(16(21)22-9-13(19)17-4)18-15(20)12-7-5-11(3)6-8-12/h5-8,10,14H,9H2,1-4H3,(H,17,19)(H,18,20). The number of hydrogen-bond donors (Lipinski definition) is 2. The molecule has 0 aromatic heterocycles. The molecular weight excluding hydrogens is 284 g/mol. The summed E-state index contributed by atoms with van der Waals surface area (Å²) in [5.41, 5.74) is 1.51. The van der Waals surface area contributed by atoms with Gasteiger partial charge in [-0.25, -0.2) is 4.79 Å². The van der Waals surface area contributed by atoms with Crippen molar-refractivity contribution in [2.24, 2.45) is 5.92 Å². The van der Waals surface area contributed by atoms with Gasteiger partial charge in [-0.05, 0) is 25.0 Å². The lowest BCUT2D eigenvalue weighted by Gasteiger charge is -2.20. The molecule has 1 unspecified atom stereocenters. The van der Waals surface area contributed by atoms with E-state index in [2.05, 4.69) is 10.6 Å². The summed E-state index contributed by atoms with van der Waals surface area (Å²) in [5.74, 6) is -1.54. The zero-order valence-electron chi connectivity index (χ0n) is 13.3. The van der Waals surface area contributed by atoms with Crippen LogP contribution < -0.4 is 10.6 Å². The summed E-state index contributed by atoms with van der Waals surface area (Å²) in [5, 5.41) is 5.01. The zero-order chi connectivity index (χ0) is 16.7. The van der Waals surface area contributed by atoms with E-state index in [9.17, 15) is 14.4 Å². The van der Waals surface area contributed by atoms with Gasteiger partial charge in [0.15, 0.2) is 6.61 Å². The largest absolute Gasteiger partial charge is 0.454 e. The van der Waals surface area contributed by atoms with Gasteiger partial charge in [-0.2, -0.15) is 0 Å². The molecule has 120 valence electrons. The van der Waals surface area contributed by atoms with Crippen molar-refractivity contribution in [3.8, 4) is 0 Å². The molecule has 0 saturated heterocycles. The summed E-state index contributed by atoms with van der Waals surface area (Å²) in [4.78, 5) is 35.3. The molecule has 0 aliphatic carbocycles. The number of rotatable bonds is 6. The minimum atomic E-state index is -0.807. The lowest BCUT2D eigenvalue weighted by atomic mass is 10.0. The Bertz CT molecular complexity index is 538. The van der Waals surface area contributed by atoms with Gasteiger partial charge in [0, 0.05) is 12.6 Å². The van der Waals surface area contributed by atoms with Gasteiger partial charge in [0.05, 0.1) is 0 Å². The highest BCUT2D eigenvalue weighted by Crippen LogP contribution is 2.08. The van der Waals surface area contributed by atoms with E-state index in [-0.39, 0.29) is 18.4 Å². The second-order valence-corrected chi connectivity index (χ2v) is 5.34. The maximum absolute atomic E-state index is 12.2. The van der Waals surface area contributed by atoms with Crippen LogP contribution in [-0.4, -0.2) is 37.5 Å². The van der Waals surface area contributed by atoms with Gasteiger partial charge >= 0.3 is 5.97 Å². The highest BCUT2D eigenvalue weighted by molar-refractivity contribution is 5.97. The Morgan fingerprint density at radius 1 is 1.14 bits per heavy atom. The molecule has 0 radical (unpaired) electrons. The molecular formula is C16H22N2O4. The fourth-order valence-electron chi connectivity index (χ4n) is 1.73. The lowest BCUT2D eigenvalue weighted by molar-refractivity contribution is -0.151. The third-order valence-electron chi connectivity index (χ3n) is 3.15. The summed E-state index contributed by atoms with van der Waals surface area (Å²) in [7, 11) is 1.45. The Hall–Kier alpha value is -2.37. The van der Waals surface area contributed by atoms with Crippen LogP contribution in [0.2, 0.25) is 0 Å². The first-order chi connectivity index (χ1) is 10.3. The highest BCUT2D eigenvalue weighted by Gasteiger charge is 2.26. The monoisotopic (exact) mass is 306 g/mol. The molecule has 1 aromatic carbocycles. The summed E-state index contributed by atoms with van der Waals surface area (Å²) >= 11 is 0. The van der Waals surface area contributed by atoms with Crippen LogP contribution in [0, 0.1) is 12.8 Å². The molecule has 1 atom stereocenters. The zero-order valence-corrected chi connectivity index (χ0v) is 13.3. The van der Waals surface area contributed by atoms with Gasteiger partial charge < -0.3 is 15.4 Å². The van der Waals surface area contributed by atoms with Crippen LogP contribution in [0.4, 0.5) is 0 Å². The SMILES string of the molecule is CNC(=O)COC(=O)C(NC(=O)c1ccc(C)cc1)C(C)C. The van der Waals surface area contributed by atoms with E-state index < -0.39 is 17.9 Å². The topological polar surface area (TPSA) is 84.5 Å². The fraction of sp³-hybridized carbons (Fsp3) is 0.438. The first-order valence-electron chi connectivity index (χ1n) is 7.10. The second kappa shape index (κ2) is 8.17. The van der Waals surface area contributed by atoms with Crippen LogP contribution in [0.3, 0.4) is 0 Å². The molecule has 6 nitrogen and oxygen atoms in total. The van der Waals surface area contributed by atoms with Crippen LogP contribution in [0.15, 0.2) is 24.3 Å². The van der Waals surface area contributed by atoms with Crippen molar-refractivity contribution >= 4 is 17.8 Å². The normalized spacial score (nSPS) is 11.7. The van der Waals surface area contributed by atoms with E-state index in [1.54, 1.807) is 26.0 Å². The number of hydrogen-bond acceptors (Lipinski definition) is 4. The number of aryl methyl sites for hydroxylation is 1. The van der Waals surface area contributed by atoms with Crippen LogP contribution in [-0.2, 0) is 14.3 Å². The molecule has 0 aliphatic rings. The van der Waals surface area contributed by atoms with E-state index in [1.165, 1.54) is 7.05 Å². The number of likely N-dealkylation sites (N-methyl/N-ethyl adjacent to an activating group) is 1. The summed E-state index contributed by atoms with van der Waals surface area (Å²) in [6, 6.07) is 6.22. The van der Waals surface area contributed by atoms with E-state index in [4.69, 9.17) is 4.74 Å². The Morgan fingerprint density at radius 3 is 2.23 bits per heavy atom. The number of benzene rings is 1. The number of esters is 1. The summed E-state index contributed by atoms with van der Waals surface area (Å²) in [6.07, 6.45) is 0. The van der Waals surface area contributed by atoms with Gasteiger partial charge in [-0.1, -0.05) is 31.5 Å². The van der Waals surface area contributed by atoms with Crippen LogP contribution in [0.1, 0.15) is 29.8 Å². The van der Waals surface area contributed by atoms with Gasteiger partial charge in [0.1, 0.15) is 6.04 Å². The molecule has 22 heavy (non-hydrogen) atoms. The van der Waals surface area contributed by atoms with Gasteiger partial charge in [-0.15, -0.1) is 0 Å². The van der Waals surface area contributed by atoms with E-state index in [1.807, 2.05) is 19.1 Å². The highest BCUT2D eigenvalue weighted by atomic mass is 16.5. The fourth-order valence-corrected chi connectivity index (χ4v) is 1.73. The first kappa shape index (κ1) is 17.7. The number of nitrogens with one attached hydrogen (secondary N) is 2. The third kappa shape index (κ3) is 5.20. The predicted octanol–water partition coefficient (Wildman–Crippen LogP) is 1.04. The van der Waals surface area contributed by atoms with Crippen molar-refractivity contribution in [3.05, 3.63) is 35.4 Å². The molecule has 1 rings (SSSR count). The van der Waals surface area contributed by atoms with Crippen molar-refractivity contribution in [1.29, 1.82) is 0 Å². The van der Waals surface area contributed by atoms with Crippen LogP contribution in [0.5, 0.6) is 0 Å². The maximum Gasteiger partial charge on any atom is 0.329 e. The van der Waals surface area contributed by atoms with E-state index in [0.717, 1.165) is 5.56 Å². The molecule has 1 aromatic rings. The second-order valence-electron chi connectivity index (χ2n) is 5.34. The summed E-state index contributed by atoms with van der Waals surface area (Å²) < 4.78 is 4.91. The molecule has 0 bridgehead atoms. The molecule has 2 N–H and O–H groups in total. The van der Waals surface area contributed by atoms with Crippen molar-refractivity contribution in [1.82, 2.24) is 10.6 Å². The quantitative estimate of drug-likeness (QED) is 0.769. The minimum Gasteiger partial charge on any atom is -0.454 e. The van der Waals surface area contributed by atoms with Crippen molar-refractivity contribution in [2.45, 2.75) is 26.8 Å². The Labute approximate surface area is 130 Å². The van der Waals surface area contributed by atoms with Gasteiger partial charge in [0.25, 0.3) is 11.8 Å². The molecule has 6 heteroatoms.